The molecule has 0 heterocycles. The van der Waals surface area contributed by atoms with Crippen molar-refractivity contribution < 1.29 is 0 Å². The largest absolute Gasteiger partial charge is 0.344 e. The minimum atomic E-state index is 0.143. The van der Waals surface area contributed by atoms with E-state index in [1.165, 1.54) is 22.5 Å². The number of hydrogen-bond donors (Lipinski definition) is 0. The highest BCUT2D eigenvalue weighted by molar-refractivity contribution is 5.70. The Balaban J connectivity index is 2.56. The van der Waals surface area contributed by atoms with Crippen LogP contribution in [0.5, 0.6) is 0 Å². The summed E-state index contributed by atoms with van der Waals surface area (Å²) in [4.78, 5) is 2.29. The highest BCUT2D eigenvalue weighted by atomic mass is 15.1. The Labute approximate surface area is 116 Å². The topological polar surface area (TPSA) is 3.24 Å². The molecule has 0 aromatic heterocycles. The van der Waals surface area contributed by atoms with Crippen LogP contribution < -0.4 is 4.90 Å². The molecule has 2 rings (SSSR count). The van der Waals surface area contributed by atoms with Crippen LogP contribution in [0.15, 0.2) is 48.5 Å². The molecule has 0 aliphatic carbocycles. The molecule has 100 valence electrons. The molecule has 0 aliphatic rings. The first kappa shape index (κ1) is 13.7. The number of rotatable bonds is 2. The molecule has 0 unspecified atom stereocenters. The van der Waals surface area contributed by atoms with Gasteiger partial charge in [-0.15, -0.1) is 0 Å². The Morgan fingerprint density at radius 2 is 1.47 bits per heavy atom. The number of para-hydroxylation sites is 2. The van der Waals surface area contributed by atoms with Crippen LogP contribution in [-0.4, -0.2) is 7.05 Å². The van der Waals surface area contributed by atoms with Crippen LogP contribution in [0.25, 0.3) is 0 Å². The van der Waals surface area contributed by atoms with Crippen LogP contribution >= 0.6 is 0 Å². The quantitative estimate of drug-likeness (QED) is 0.723. The lowest BCUT2D eigenvalue weighted by Crippen LogP contribution is -2.20. The molecule has 1 nitrogen and oxygen atoms in total. The zero-order valence-corrected chi connectivity index (χ0v) is 12.6. The van der Waals surface area contributed by atoms with Crippen LogP contribution in [0.3, 0.4) is 0 Å². The molecule has 0 saturated heterocycles. The van der Waals surface area contributed by atoms with Crippen molar-refractivity contribution in [2.45, 2.75) is 33.1 Å². The van der Waals surface area contributed by atoms with Crippen LogP contribution in [-0.2, 0) is 5.41 Å². The van der Waals surface area contributed by atoms with E-state index >= 15 is 0 Å². The molecule has 0 atom stereocenters. The molecule has 0 amide bonds. The van der Waals surface area contributed by atoms with Gasteiger partial charge < -0.3 is 4.90 Å². The fourth-order valence-electron chi connectivity index (χ4n) is 2.49. The fourth-order valence-corrected chi connectivity index (χ4v) is 2.49. The van der Waals surface area contributed by atoms with Crippen molar-refractivity contribution in [3.8, 4) is 0 Å². The highest BCUT2D eigenvalue weighted by Crippen LogP contribution is 2.36. The number of benzene rings is 2. The van der Waals surface area contributed by atoms with Crippen LogP contribution in [0, 0.1) is 6.92 Å². The number of hydrogen-bond acceptors (Lipinski definition) is 1. The van der Waals surface area contributed by atoms with Crippen molar-refractivity contribution in [3.63, 3.8) is 0 Å². The standard InChI is InChI=1S/C18H23N/c1-14-10-9-13-16(18(2,3)4)17(14)19(5)15-11-7-6-8-12-15/h6-13H,1-5H3. The van der Waals surface area contributed by atoms with E-state index in [9.17, 15) is 0 Å². The Hall–Kier alpha value is -1.76. The summed E-state index contributed by atoms with van der Waals surface area (Å²) in [6.07, 6.45) is 0. The Morgan fingerprint density at radius 1 is 0.842 bits per heavy atom. The normalized spacial score (nSPS) is 11.4. The van der Waals surface area contributed by atoms with Crippen molar-refractivity contribution in [3.05, 3.63) is 59.7 Å². The van der Waals surface area contributed by atoms with Gasteiger partial charge in [0.05, 0.1) is 0 Å². The minimum absolute atomic E-state index is 0.143. The molecule has 0 saturated carbocycles. The van der Waals surface area contributed by atoms with Crippen molar-refractivity contribution in [2.75, 3.05) is 11.9 Å². The van der Waals surface area contributed by atoms with E-state index < -0.39 is 0 Å². The second-order valence-corrected chi connectivity index (χ2v) is 6.12. The van der Waals surface area contributed by atoms with Crippen molar-refractivity contribution in [1.82, 2.24) is 0 Å². The lowest BCUT2D eigenvalue weighted by atomic mass is 9.84. The molecule has 0 aliphatic heterocycles. The van der Waals surface area contributed by atoms with Gasteiger partial charge in [0.15, 0.2) is 0 Å². The first-order valence-corrected chi connectivity index (χ1v) is 6.80. The van der Waals surface area contributed by atoms with Gasteiger partial charge in [-0.2, -0.15) is 0 Å². The van der Waals surface area contributed by atoms with E-state index in [1.54, 1.807) is 0 Å². The van der Waals surface area contributed by atoms with Crippen LogP contribution in [0.2, 0.25) is 0 Å². The molecule has 2 aromatic rings. The molecule has 19 heavy (non-hydrogen) atoms. The monoisotopic (exact) mass is 253 g/mol. The number of aryl methyl sites for hydroxylation is 1. The molecule has 0 spiro atoms. The maximum atomic E-state index is 2.29. The van der Waals surface area contributed by atoms with Gasteiger partial charge in [0, 0.05) is 18.4 Å². The summed E-state index contributed by atoms with van der Waals surface area (Å²) in [5.74, 6) is 0. The average molecular weight is 253 g/mol. The second kappa shape index (κ2) is 5.08. The smallest absolute Gasteiger partial charge is 0.0475 e. The Kier molecular flexibility index (Phi) is 3.66. The third-order valence-corrected chi connectivity index (χ3v) is 3.52. The predicted octanol–water partition coefficient (Wildman–Crippen LogP) is 5.06. The van der Waals surface area contributed by atoms with Gasteiger partial charge in [-0.1, -0.05) is 57.2 Å². The van der Waals surface area contributed by atoms with Crippen molar-refractivity contribution in [2.24, 2.45) is 0 Å². The molecule has 0 radical (unpaired) electrons. The van der Waals surface area contributed by atoms with Gasteiger partial charge in [-0.25, -0.2) is 0 Å². The zero-order valence-electron chi connectivity index (χ0n) is 12.6. The van der Waals surface area contributed by atoms with Crippen molar-refractivity contribution >= 4 is 11.4 Å². The molecule has 1 heteroatoms. The van der Waals surface area contributed by atoms with E-state index in [0.29, 0.717) is 0 Å². The van der Waals surface area contributed by atoms with E-state index in [1.807, 2.05) is 0 Å². The molecule has 2 aromatic carbocycles. The molecular weight excluding hydrogens is 230 g/mol. The van der Waals surface area contributed by atoms with Gasteiger partial charge >= 0.3 is 0 Å². The molecule has 0 fully saturated rings. The van der Waals surface area contributed by atoms with Crippen LogP contribution in [0.1, 0.15) is 31.9 Å². The van der Waals surface area contributed by atoms with E-state index in [0.717, 1.165) is 0 Å². The third-order valence-electron chi connectivity index (χ3n) is 3.52. The third kappa shape index (κ3) is 2.81. The lowest BCUT2D eigenvalue weighted by Gasteiger charge is -2.30. The maximum absolute atomic E-state index is 2.29. The summed E-state index contributed by atoms with van der Waals surface area (Å²) < 4.78 is 0. The SMILES string of the molecule is Cc1cccc(C(C)(C)C)c1N(C)c1ccccc1. The minimum Gasteiger partial charge on any atom is -0.344 e. The summed E-state index contributed by atoms with van der Waals surface area (Å²) in [5.41, 5.74) is 5.39. The second-order valence-electron chi connectivity index (χ2n) is 6.12. The van der Waals surface area contributed by atoms with Crippen LogP contribution in [0.4, 0.5) is 11.4 Å². The zero-order chi connectivity index (χ0) is 14.0. The Morgan fingerprint density at radius 3 is 2.05 bits per heavy atom. The summed E-state index contributed by atoms with van der Waals surface area (Å²) in [6.45, 7) is 8.99. The highest BCUT2D eigenvalue weighted by Gasteiger charge is 2.21. The maximum Gasteiger partial charge on any atom is 0.0475 e. The number of nitrogens with zero attached hydrogens (tertiary/aromatic N) is 1. The first-order valence-electron chi connectivity index (χ1n) is 6.80. The van der Waals surface area contributed by atoms with Gasteiger partial charge in [-0.05, 0) is 35.6 Å². The van der Waals surface area contributed by atoms with Gasteiger partial charge in [0.2, 0.25) is 0 Å². The summed E-state index contributed by atoms with van der Waals surface area (Å²) in [6, 6.07) is 17.1. The summed E-state index contributed by atoms with van der Waals surface area (Å²) in [7, 11) is 2.15. The van der Waals surface area contributed by atoms with E-state index in [4.69, 9.17) is 0 Å². The fraction of sp³-hybridized carbons (Fsp3) is 0.333. The van der Waals surface area contributed by atoms with Gasteiger partial charge in [0.1, 0.15) is 0 Å². The predicted molar refractivity (Wildman–Crippen MR) is 84.4 cm³/mol. The molecule has 0 N–H and O–H groups in total. The molecule has 0 bridgehead atoms. The van der Waals surface area contributed by atoms with E-state index in [-0.39, 0.29) is 5.41 Å². The van der Waals surface area contributed by atoms with Crippen molar-refractivity contribution in [1.29, 1.82) is 0 Å². The first-order chi connectivity index (χ1) is 8.91. The summed E-state index contributed by atoms with van der Waals surface area (Å²) in [5, 5.41) is 0. The molecular formula is C18H23N. The Bertz CT molecular complexity index is 550. The van der Waals surface area contributed by atoms with E-state index in [2.05, 4.69) is 88.2 Å². The number of anilines is 2. The lowest BCUT2D eigenvalue weighted by molar-refractivity contribution is 0.590. The van der Waals surface area contributed by atoms with Gasteiger partial charge in [0.25, 0.3) is 0 Å². The summed E-state index contributed by atoms with van der Waals surface area (Å²) >= 11 is 0. The average Bonchev–Trinajstić information content (AvgIpc) is 2.37. The van der Waals surface area contributed by atoms with Gasteiger partial charge in [-0.3, -0.25) is 0 Å².